The van der Waals surface area contributed by atoms with Gasteiger partial charge >= 0.3 is 6.18 Å². The van der Waals surface area contributed by atoms with Gasteiger partial charge in [0.2, 0.25) is 0 Å². The molecule has 0 amide bonds. The monoisotopic (exact) mass is 262 g/mol. The zero-order valence-corrected chi connectivity index (χ0v) is 10.6. The minimum absolute atomic E-state index is 0.0384. The lowest BCUT2D eigenvalue weighted by Crippen LogP contribution is -2.35. The van der Waals surface area contributed by atoms with Crippen LogP contribution in [0.5, 0.6) is 0 Å². The second kappa shape index (κ2) is 5.41. The molecule has 4 nitrogen and oxygen atoms in total. The molecule has 0 aliphatic heterocycles. The van der Waals surface area contributed by atoms with Crippen molar-refractivity contribution in [2.24, 2.45) is 0 Å². The van der Waals surface area contributed by atoms with E-state index in [0.29, 0.717) is 5.56 Å². The zero-order chi connectivity index (χ0) is 13.9. The van der Waals surface area contributed by atoms with Gasteiger partial charge in [-0.05, 0) is 12.8 Å². The van der Waals surface area contributed by atoms with Crippen LogP contribution in [0.15, 0.2) is 6.33 Å². The van der Waals surface area contributed by atoms with E-state index in [1.165, 1.54) is 6.33 Å². The van der Waals surface area contributed by atoms with Gasteiger partial charge in [0, 0.05) is 12.1 Å². The molecule has 1 aromatic rings. The minimum Gasteiger partial charge on any atom is -0.383 e. The zero-order valence-electron chi connectivity index (χ0n) is 10.6. The molecular formula is C11H17F3N4. The van der Waals surface area contributed by atoms with E-state index in [9.17, 15) is 13.2 Å². The van der Waals surface area contributed by atoms with Gasteiger partial charge < -0.3 is 10.6 Å². The van der Waals surface area contributed by atoms with Crippen LogP contribution in [-0.2, 0) is 0 Å². The van der Waals surface area contributed by atoms with Crippen molar-refractivity contribution in [3.05, 3.63) is 11.9 Å². The maximum absolute atomic E-state index is 12.5. The smallest absolute Gasteiger partial charge is 0.383 e. The van der Waals surface area contributed by atoms with Crippen molar-refractivity contribution in [1.82, 2.24) is 9.97 Å². The van der Waals surface area contributed by atoms with E-state index in [2.05, 4.69) is 9.97 Å². The number of anilines is 2. The van der Waals surface area contributed by atoms with Crippen LogP contribution in [0.3, 0.4) is 0 Å². The van der Waals surface area contributed by atoms with Gasteiger partial charge in [-0.25, -0.2) is 9.97 Å². The minimum atomic E-state index is -4.27. The largest absolute Gasteiger partial charge is 0.405 e. The second-order valence-electron chi connectivity index (χ2n) is 4.28. The number of hydrogen-bond acceptors (Lipinski definition) is 4. The summed E-state index contributed by atoms with van der Waals surface area (Å²) in [6.07, 6.45) is -3.08. The molecule has 0 atom stereocenters. The summed E-state index contributed by atoms with van der Waals surface area (Å²) in [6, 6.07) is 0. The molecule has 0 unspecified atom stereocenters. The maximum Gasteiger partial charge on any atom is 0.405 e. The average molecular weight is 262 g/mol. The van der Waals surface area contributed by atoms with Crippen LogP contribution >= 0.6 is 0 Å². The summed E-state index contributed by atoms with van der Waals surface area (Å²) in [4.78, 5) is 8.94. The fourth-order valence-electron chi connectivity index (χ4n) is 1.76. The van der Waals surface area contributed by atoms with Crippen molar-refractivity contribution in [3.63, 3.8) is 0 Å². The van der Waals surface area contributed by atoms with Crippen molar-refractivity contribution in [2.45, 2.75) is 32.9 Å². The summed E-state index contributed by atoms with van der Waals surface area (Å²) in [5.74, 6) is 0.455. The first kappa shape index (κ1) is 14.5. The predicted octanol–water partition coefficient (Wildman–Crippen LogP) is 2.57. The van der Waals surface area contributed by atoms with Crippen LogP contribution < -0.4 is 10.6 Å². The Morgan fingerprint density at radius 2 is 1.94 bits per heavy atom. The number of rotatable bonds is 4. The Bertz CT molecular complexity index is 404. The Balaban J connectivity index is 3.17. The second-order valence-corrected chi connectivity index (χ2v) is 4.28. The van der Waals surface area contributed by atoms with Gasteiger partial charge in [0.25, 0.3) is 0 Å². The number of aromatic nitrogens is 2. The number of nitrogen functional groups attached to an aromatic ring is 1. The van der Waals surface area contributed by atoms with E-state index >= 15 is 0 Å². The topological polar surface area (TPSA) is 55.0 Å². The molecule has 0 aliphatic carbocycles. The van der Waals surface area contributed by atoms with Gasteiger partial charge in [0.15, 0.2) is 0 Å². The summed E-state index contributed by atoms with van der Waals surface area (Å²) in [5.41, 5.74) is 6.28. The van der Waals surface area contributed by atoms with Crippen LogP contribution in [0.4, 0.5) is 24.8 Å². The Hall–Kier alpha value is -1.53. The van der Waals surface area contributed by atoms with E-state index in [1.807, 2.05) is 13.8 Å². The first-order valence-corrected chi connectivity index (χ1v) is 5.68. The highest BCUT2D eigenvalue weighted by atomic mass is 19.4. The van der Waals surface area contributed by atoms with Gasteiger partial charge in [-0.3, -0.25) is 0 Å². The van der Waals surface area contributed by atoms with Gasteiger partial charge in [-0.1, -0.05) is 13.8 Å². The number of halogens is 3. The lowest BCUT2D eigenvalue weighted by molar-refractivity contribution is -0.119. The molecule has 1 aromatic heterocycles. The van der Waals surface area contributed by atoms with Crippen LogP contribution in [-0.4, -0.2) is 29.2 Å². The Morgan fingerprint density at radius 1 is 1.33 bits per heavy atom. The molecule has 2 N–H and O–H groups in total. The van der Waals surface area contributed by atoms with Crippen LogP contribution in [0.1, 0.15) is 32.3 Å². The van der Waals surface area contributed by atoms with E-state index in [4.69, 9.17) is 5.73 Å². The van der Waals surface area contributed by atoms with E-state index < -0.39 is 12.7 Å². The highest BCUT2D eigenvalue weighted by molar-refractivity contribution is 5.58. The number of alkyl halides is 3. The first-order chi connectivity index (χ1) is 8.26. The normalized spacial score (nSPS) is 11.9. The fraction of sp³-hybridized carbons (Fsp3) is 0.636. The van der Waals surface area contributed by atoms with Crippen LogP contribution in [0, 0.1) is 0 Å². The number of hydrogen-bond donors (Lipinski definition) is 1. The van der Waals surface area contributed by atoms with Crippen LogP contribution in [0.25, 0.3) is 0 Å². The fourth-order valence-corrected chi connectivity index (χ4v) is 1.76. The maximum atomic E-state index is 12.5. The van der Waals surface area contributed by atoms with Gasteiger partial charge in [0.1, 0.15) is 24.5 Å². The van der Waals surface area contributed by atoms with E-state index in [1.54, 1.807) is 6.92 Å². The van der Waals surface area contributed by atoms with Crippen molar-refractivity contribution in [2.75, 3.05) is 23.7 Å². The Morgan fingerprint density at radius 3 is 2.39 bits per heavy atom. The molecule has 102 valence electrons. The molecule has 18 heavy (non-hydrogen) atoms. The van der Waals surface area contributed by atoms with Gasteiger partial charge in [-0.15, -0.1) is 0 Å². The summed E-state index contributed by atoms with van der Waals surface area (Å²) < 4.78 is 37.5. The SMILES string of the molecule is CCN(CC(F)(F)F)c1ncnc(N)c1C(C)C. The Kier molecular flexibility index (Phi) is 4.37. The molecule has 0 aliphatic rings. The van der Waals surface area contributed by atoms with Crippen molar-refractivity contribution >= 4 is 11.6 Å². The molecule has 7 heteroatoms. The summed E-state index contributed by atoms with van der Waals surface area (Å²) >= 11 is 0. The molecule has 1 rings (SSSR count). The molecule has 0 radical (unpaired) electrons. The molecule has 0 spiro atoms. The van der Waals surface area contributed by atoms with Crippen LogP contribution in [0.2, 0.25) is 0 Å². The third-order valence-electron chi connectivity index (χ3n) is 2.52. The third kappa shape index (κ3) is 3.48. The molecular weight excluding hydrogens is 245 g/mol. The standard InChI is InChI=1S/C11H17F3N4/c1-4-18(5-11(12,13)14)10-8(7(2)3)9(15)16-6-17-10/h6-7H,4-5H2,1-3H3,(H2,15,16,17). The molecule has 0 bridgehead atoms. The quantitative estimate of drug-likeness (QED) is 0.906. The lowest BCUT2D eigenvalue weighted by atomic mass is 10.0. The van der Waals surface area contributed by atoms with Gasteiger partial charge in [-0.2, -0.15) is 13.2 Å². The number of nitrogens with zero attached hydrogens (tertiary/aromatic N) is 3. The lowest BCUT2D eigenvalue weighted by Gasteiger charge is -2.26. The van der Waals surface area contributed by atoms with Crippen molar-refractivity contribution < 1.29 is 13.2 Å². The molecule has 1 heterocycles. The highest BCUT2D eigenvalue weighted by Crippen LogP contribution is 2.30. The first-order valence-electron chi connectivity index (χ1n) is 5.68. The molecule has 0 fully saturated rings. The number of nitrogens with two attached hydrogens (primary N) is 1. The Labute approximate surface area is 104 Å². The molecule has 0 saturated heterocycles. The summed E-state index contributed by atoms with van der Waals surface area (Å²) in [7, 11) is 0. The van der Waals surface area contributed by atoms with Crippen molar-refractivity contribution in [3.8, 4) is 0 Å². The van der Waals surface area contributed by atoms with E-state index in [-0.39, 0.29) is 24.1 Å². The molecule has 0 aromatic carbocycles. The van der Waals surface area contributed by atoms with Crippen molar-refractivity contribution in [1.29, 1.82) is 0 Å². The predicted molar refractivity (Wildman–Crippen MR) is 64.5 cm³/mol. The summed E-state index contributed by atoms with van der Waals surface area (Å²) in [6.45, 7) is 4.50. The molecule has 0 saturated carbocycles. The summed E-state index contributed by atoms with van der Waals surface area (Å²) in [5, 5.41) is 0. The third-order valence-corrected chi connectivity index (χ3v) is 2.52. The van der Waals surface area contributed by atoms with E-state index in [0.717, 1.165) is 4.90 Å². The highest BCUT2D eigenvalue weighted by Gasteiger charge is 2.32. The van der Waals surface area contributed by atoms with Gasteiger partial charge in [0.05, 0.1) is 0 Å². The average Bonchev–Trinajstić information content (AvgIpc) is 2.23.